The summed E-state index contributed by atoms with van der Waals surface area (Å²) in [5.74, 6) is 0.343. The number of carbonyl (C=O) groups excluding carboxylic acids is 2. The Balaban J connectivity index is 1.53. The van der Waals surface area contributed by atoms with Crippen LogP contribution in [0.3, 0.4) is 0 Å². The largest absolute Gasteiger partial charge is 0.482 e. The van der Waals surface area contributed by atoms with E-state index in [1.165, 1.54) is 11.8 Å². The average molecular weight is 364 g/mol. The Morgan fingerprint density at radius 1 is 1.19 bits per heavy atom. The molecule has 130 valence electrons. The van der Waals surface area contributed by atoms with Crippen molar-refractivity contribution in [3.8, 4) is 5.75 Å². The fraction of sp³-hybridized carbons (Fsp3) is 0.150. The molecule has 4 rings (SSSR count). The first-order chi connectivity index (χ1) is 12.6. The zero-order chi connectivity index (χ0) is 18.1. The van der Waals surface area contributed by atoms with Crippen LogP contribution in [-0.4, -0.2) is 28.5 Å². The number of Topliss-reactive ketones (excluding diaryl/α,β-unsaturated/α-hetero) is 1. The monoisotopic (exact) mass is 364 g/mol. The summed E-state index contributed by atoms with van der Waals surface area (Å²) < 4.78 is 5.33. The van der Waals surface area contributed by atoms with Crippen molar-refractivity contribution in [2.75, 3.05) is 11.9 Å². The van der Waals surface area contributed by atoms with Gasteiger partial charge in [-0.15, -0.1) is 0 Å². The van der Waals surface area contributed by atoms with Crippen molar-refractivity contribution in [1.29, 1.82) is 0 Å². The van der Waals surface area contributed by atoms with E-state index in [0.29, 0.717) is 17.0 Å². The SMILES string of the molecule is CC(Sc1ccc2ccccc2n1)C(=O)c1ccc2c(c1)NC(=O)CO2. The van der Waals surface area contributed by atoms with E-state index in [1.54, 1.807) is 18.2 Å². The van der Waals surface area contributed by atoms with Crippen LogP contribution in [0.5, 0.6) is 5.75 Å². The molecule has 3 aromatic rings. The third-order valence-corrected chi connectivity index (χ3v) is 5.17. The molecule has 2 aromatic carbocycles. The Hall–Kier alpha value is -2.86. The summed E-state index contributed by atoms with van der Waals surface area (Å²) in [6, 6.07) is 16.9. The second kappa shape index (κ2) is 6.80. The van der Waals surface area contributed by atoms with Crippen LogP contribution in [0.4, 0.5) is 5.69 Å². The van der Waals surface area contributed by atoms with Crippen LogP contribution in [0.2, 0.25) is 0 Å². The van der Waals surface area contributed by atoms with Crippen LogP contribution in [0, 0.1) is 0 Å². The zero-order valence-corrected chi connectivity index (χ0v) is 14.9. The number of nitrogens with one attached hydrogen (secondary N) is 1. The molecule has 0 saturated heterocycles. The van der Waals surface area contributed by atoms with Gasteiger partial charge in [-0.3, -0.25) is 9.59 Å². The number of hydrogen-bond donors (Lipinski definition) is 1. The van der Waals surface area contributed by atoms with Gasteiger partial charge in [0, 0.05) is 10.9 Å². The van der Waals surface area contributed by atoms with Gasteiger partial charge in [-0.05, 0) is 37.3 Å². The Morgan fingerprint density at radius 3 is 2.92 bits per heavy atom. The molecule has 1 amide bonds. The fourth-order valence-electron chi connectivity index (χ4n) is 2.82. The molecule has 0 bridgehead atoms. The molecule has 0 fully saturated rings. The first-order valence-electron chi connectivity index (χ1n) is 8.23. The molecular formula is C20H16N2O3S. The lowest BCUT2D eigenvalue weighted by Gasteiger charge is -2.19. The lowest BCUT2D eigenvalue weighted by Crippen LogP contribution is -2.25. The summed E-state index contributed by atoms with van der Waals surface area (Å²) in [6.45, 7) is 1.86. The second-order valence-corrected chi connectivity index (χ2v) is 7.38. The van der Waals surface area contributed by atoms with Gasteiger partial charge in [0.1, 0.15) is 5.75 Å². The Bertz CT molecular complexity index is 1020. The number of ketones is 1. The zero-order valence-electron chi connectivity index (χ0n) is 14.1. The minimum absolute atomic E-state index is 0.000179. The molecule has 1 aliphatic rings. The highest BCUT2D eigenvalue weighted by Gasteiger charge is 2.21. The summed E-state index contributed by atoms with van der Waals surface area (Å²) in [6.07, 6.45) is 0. The number of hydrogen-bond acceptors (Lipinski definition) is 5. The Kier molecular flexibility index (Phi) is 4.34. The smallest absolute Gasteiger partial charge is 0.262 e. The van der Waals surface area contributed by atoms with Crippen molar-refractivity contribution in [3.63, 3.8) is 0 Å². The summed E-state index contributed by atoms with van der Waals surface area (Å²) in [7, 11) is 0. The van der Waals surface area contributed by atoms with Crippen molar-refractivity contribution >= 4 is 40.0 Å². The number of carbonyl (C=O) groups is 2. The number of pyridine rings is 1. The highest BCUT2D eigenvalue weighted by atomic mass is 32.2. The van der Waals surface area contributed by atoms with E-state index in [9.17, 15) is 9.59 Å². The molecular weight excluding hydrogens is 348 g/mol. The molecule has 0 spiro atoms. The standard InChI is InChI=1S/C20H16N2O3S/c1-12(26-19-9-7-13-4-2-3-5-15(13)22-19)20(24)14-6-8-17-16(10-14)21-18(23)11-25-17/h2-10,12H,11H2,1H3,(H,21,23). The van der Waals surface area contributed by atoms with Crippen LogP contribution in [-0.2, 0) is 4.79 Å². The van der Waals surface area contributed by atoms with E-state index >= 15 is 0 Å². The van der Waals surface area contributed by atoms with Gasteiger partial charge in [-0.25, -0.2) is 4.98 Å². The van der Waals surface area contributed by atoms with E-state index in [4.69, 9.17) is 4.74 Å². The highest BCUT2D eigenvalue weighted by Crippen LogP contribution is 2.31. The van der Waals surface area contributed by atoms with Gasteiger partial charge < -0.3 is 10.1 Å². The molecule has 1 atom stereocenters. The van der Waals surface area contributed by atoms with Gasteiger partial charge >= 0.3 is 0 Å². The van der Waals surface area contributed by atoms with Gasteiger partial charge in [-0.1, -0.05) is 36.0 Å². The third-order valence-electron chi connectivity index (χ3n) is 4.14. The van der Waals surface area contributed by atoms with Crippen molar-refractivity contribution < 1.29 is 14.3 Å². The van der Waals surface area contributed by atoms with Crippen LogP contribution < -0.4 is 10.1 Å². The summed E-state index contributed by atoms with van der Waals surface area (Å²) in [5.41, 5.74) is 1.98. The minimum atomic E-state index is -0.304. The third kappa shape index (κ3) is 3.28. The first-order valence-corrected chi connectivity index (χ1v) is 9.11. The molecule has 1 N–H and O–H groups in total. The number of aromatic nitrogens is 1. The highest BCUT2D eigenvalue weighted by molar-refractivity contribution is 8.00. The molecule has 1 aliphatic heterocycles. The van der Waals surface area contributed by atoms with Crippen molar-refractivity contribution in [3.05, 3.63) is 60.2 Å². The lowest BCUT2D eigenvalue weighted by molar-refractivity contribution is -0.118. The number of ether oxygens (including phenoxy) is 1. The molecule has 1 unspecified atom stereocenters. The minimum Gasteiger partial charge on any atom is -0.482 e. The van der Waals surface area contributed by atoms with E-state index in [2.05, 4.69) is 10.3 Å². The lowest BCUT2D eigenvalue weighted by atomic mass is 10.1. The number of amides is 1. The second-order valence-electron chi connectivity index (χ2n) is 6.01. The summed E-state index contributed by atoms with van der Waals surface area (Å²) >= 11 is 1.42. The predicted molar refractivity (Wildman–Crippen MR) is 102 cm³/mol. The van der Waals surface area contributed by atoms with E-state index in [-0.39, 0.29) is 23.5 Å². The van der Waals surface area contributed by atoms with Gasteiger partial charge in [0.25, 0.3) is 5.91 Å². The number of nitrogens with zero attached hydrogens (tertiary/aromatic N) is 1. The summed E-state index contributed by atoms with van der Waals surface area (Å²) in [5, 5.41) is 4.30. The molecule has 0 aliphatic carbocycles. The molecule has 0 radical (unpaired) electrons. The van der Waals surface area contributed by atoms with Crippen molar-refractivity contribution in [2.24, 2.45) is 0 Å². The molecule has 2 heterocycles. The fourth-order valence-corrected chi connectivity index (χ4v) is 3.72. The quantitative estimate of drug-likeness (QED) is 0.561. The van der Waals surface area contributed by atoms with Gasteiger partial charge in [0.15, 0.2) is 12.4 Å². The van der Waals surface area contributed by atoms with E-state index in [1.807, 2.05) is 43.3 Å². The Labute approximate surface area is 154 Å². The normalized spacial score (nSPS) is 14.3. The molecule has 1 aromatic heterocycles. The molecule has 6 heteroatoms. The molecule has 0 saturated carbocycles. The topological polar surface area (TPSA) is 68.3 Å². The van der Waals surface area contributed by atoms with E-state index in [0.717, 1.165) is 15.9 Å². The van der Waals surface area contributed by atoms with Crippen molar-refractivity contribution in [1.82, 2.24) is 4.98 Å². The van der Waals surface area contributed by atoms with E-state index < -0.39 is 0 Å². The Morgan fingerprint density at radius 2 is 2.04 bits per heavy atom. The predicted octanol–water partition coefficient (Wildman–Crippen LogP) is 3.93. The maximum Gasteiger partial charge on any atom is 0.262 e. The first kappa shape index (κ1) is 16.6. The van der Waals surface area contributed by atoms with Crippen molar-refractivity contribution in [2.45, 2.75) is 17.2 Å². The number of benzene rings is 2. The van der Waals surface area contributed by atoms with Gasteiger partial charge in [0.2, 0.25) is 0 Å². The number of para-hydroxylation sites is 1. The van der Waals surface area contributed by atoms with Crippen LogP contribution >= 0.6 is 11.8 Å². The summed E-state index contributed by atoms with van der Waals surface area (Å²) in [4.78, 5) is 28.8. The number of rotatable bonds is 4. The number of thioether (sulfide) groups is 1. The number of fused-ring (bicyclic) bond motifs is 2. The van der Waals surface area contributed by atoms with Crippen LogP contribution in [0.1, 0.15) is 17.3 Å². The van der Waals surface area contributed by atoms with Gasteiger partial charge in [-0.2, -0.15) is 0 Å². The van der Waals surface area contributed by atoms with Crippen LogP contribution in [0.15, 0.2) is 59.6 Å². The average Bonchev–Trinajstić information content (AvgIpc) is 2.66. The molecule has 26 heavy (non-hydrogen) atoms. The number of anilines is 1. The maximum absolute atomic E-state index is 12.8. The van der Waals surface area contributed by atoms with Gasteiger partial charge in [0.05, 0.1) is 21.5 Å². The maximum atomic E-state index is 12.8. The molecule has 5 nitrogen and oxygen atoms in total. The van der Waals surface area contributed by atoms with Crippen LogP contribution in [0.25, 0.3) is 10.9 Å².